The molecule has 1 aromatic rings. The molecule has 3 saturated heterocycles. The lowest BCUT2D eigenvalue weighted by atomic mass is 9.88. The second-order valence-corrected chi connectivity index (χ2v) is 7.40. The number of fused-ring (bicyclic) bond motifs is 5. The highest BCUT2D eigenvalue weighted by molar-refractivity contribution is 5.81. The molecule has 6 atom stereocenters. The minimum Gasteiger partial charge on any atom is -0.490 e. The SMILES string of the molecule is COc1cnc(C2CCCN2C(=O)[C@@H]2C[C@@H]3O[C@H]2[C@H]2C[C@H]23)[nH]c1=O. The number of likely N-dealkylation sites (tertiary alicyclic amines) is 1. The van der Waals surface area contributed by atoms with Crippen LogP contribution in [0.3, 0.4) is 0 Å². The van der Waals surface area contributed by atoms with Gasteiger partial charge in [-0.05, 0) is 37.5 Å². The number of nitrogens with one attached hydrogen (secondary N) is 1. The van der Waals surface area contributed by atoms with Crippen molar-refractivity contribution in [2.24, 2.45) is 17.8 Å². The molecule has 0 spiro atoms. The van der Waals surface area contributed by atoms with Crippen molar-refractivity contribution in [2.75, 3.05) is 13.7 Å². The fraction of sp³-hybridized carbons (Fsp3) is 0.706. The van der Waals surface area contributed by atoms with Gasteiger partial charge in [-0.2, -0.15) is 0 Å². The standard InChI is InChI=1S/C17H21N3O4/c1-23-13-7-18-15(19-16(13)21)11-3-2-4-20(11)17(22)10-6-12-8-5-9(8)14(10)24-12/h7-12,14H,2-6H2,1H3,(H,18,19,21)/t8-,9+,10-,11?,12+,14+/m1/s1. The van der Waals surface area contributed by atoms with Crippen LogP contribution in [0.15, 0.2) is 11.0 Å². The third-order valence-electron chi connectivity index (χ3n) is 6.18. The van der Waals surface area contributed by atoms with Gasteiger partial charge in [-0.25, -0.2) is 4.98 Å². The molecule has 1 N–H and O–H groups in total. The summed E-state index contributed by atoms with van der Waals surface area (Å²) in [6.45, 7) is 0.723. The van der Waals surface area contributed by atoms with Crippen molar-refractivity contribution < 1.29 is 14.3 Å². The van der Waals surface area contributed by atoms with Crippen LogP contribution in [0.5, 0.6) is 5.75 Å². The fourth-order valence-electron chi connectivity index (χ4n) is 4.93. The predicted octanol–water partition coefficient (Wildman–Crippen LogP) is 0.865. The van der Waals surface area contributed by atoms with E-state index in [1.54, 1.807) is 0 Å². The van der Waals surface area contributed by atoms with E-state index in [9.17, 15) is 9.59 Å². The zero-order valence-electron chi connectivity index (χ0n) is 13.6. The number of methoxy groups -OCH3 is 1. The Morgan fingerprint density at radius 2 is 2.29 bits per heavy atom. The van der Waals surface area contributed by atoms with Crippen molar-refractivity contribution >= 4 is 5.91 Å². The fourth-order valence-corrected chi connectivity index (χ4v) is 4.93. The van der Waals surface area contributed by atoms with Gasteiger partial charge in [0.25, 0.3) is 5.56 Å². The van der Waals surface area contributed by atoms with Crippen LogP contribution in [-0.2, 0) is 9.53 Å². The summed E-state index contributed by atoms with van der Waals surface area (Å²) in [7, 11) is 1.44. The summed E-state index contributed by atoms with van der Waals surface area (Å²) < 4.78 is 10.9. The molecule has 7 nitrogen and oxygen atoms in total. The normalized spacial score (nSPS) is 39.1. The Bertz CT molecular complexity index is 748. The van der Waals surface area contributed by atoms with Crippen LogP contribution >= 0.6 is 0 Å². The van der Waals surface area contributed by atoms with Crippen LogP contribution < -0.4 is 10.3 Å². The Morgan fingerprint density at radius 1 is 1.42 bits per heavy atom. The van der Waals surface area contributed by atoms with E-state index in [4.69, 9.17) is 9.47 Å². The van der Waals surface area contributed by atoms with Crippen LogP contribution in [-0.4, -0.2) is 46.6 Å². The second kappa shape index (κ2) is 5.05. The van der Waals surface area contributed by atoms with Crippen LogP contribution in [0.2, 0.25) is 0 Å². The molecule has 2 bridgehead atoms. The number of aromatic amines is 1. The summed E-state index contributed by atoms with van der Waals surface area (Å²) >= 11 is 0. The third-order valence-corrected chi connectivity index (χ3v) is 6.18. The number of amides is 1. The number of rotatable bonds is 3. The van der Waals surface area contributed by atoms with Crippen molar-refractivity contribution in [3.8, 4) is 5.75 Å². The van der Waals surface area contributed by atoms with Crippen molar-refractivity contribution in [2.45, 2.75) is 43.9 Å². The molecule has 0 aromatic carbocycles. The van der Waals surface area contributed by atoms with Crippen molar-refractivity contribution in [1.29, 1.82) is 0 Å². The number of H-pyrrole nitrogens is 1. The Morgan fingerprint density at radius 3 is 3.00 bits per heavy atom. The van der Waals surface area contributed by atoms with Crippen molar-refractivity contribution in [3.05, 3.63) is 22.4 Å². The zero-order chi connectivity index (χ0) is 16.4. The maximum Gasteiger partial charge on any atom is 0.293 e. The molecule has 1 unspecified atom stereocenters. The molecule has 4 heterocycles. The van der Waals surface area contributed by atoms with Gasteiger partial charge in [0.2, 0.25) is 11.7 Å². The van der Waals surface area contributed by atoms with E-state index in [-0.39, 0.29) is 35.3 Å². The number of ether oxygens (including phenoxy) is 2. The number of hydrogen-bond donors (Lipinski definition) is 1. The molecule has 3 aliphatic heterocycles. The topological polar surface area (TPSA) is 84.5 Å². The van der Waals surface area contributed by atoms with E-state index in [1.165, 1.54) is 19.7 Å². The maximum atomic E-state index is 13.1. The molecular formula is C17H21N3O4. The van der Waals surface area contributed by atoms with Crippen LogP contribution in [0, 0.1) is 17.8 Å². The van der Waals surface area contributed by atoms with E-state index in [1.807, 2.05) is 4.90 Å². The summed E-state index contributed by atoms with van der Waals surface area (Å²) in [5, 5.41) is 0. The van der Waals surface area contributed by atoms with E-state index >= 15 is 0 Å². The second-order valence-electron chi connectivity index (χ2n) is 7.40. The minimum atomic E-state index is -0.300. The Balaban J connectivity index is 1.38. The molecular weight excluding hydrogens is 310 g/mol. The van der Waals surface area contributed by atoms with E-state index in [0.717, 1.165) is 25.8 Å². The van der Waals surface area contributed by atoms with Gasteiger partial charge in [0.1, 0.15) is 5.82 Å². The molecule has 1 saturated carbocycles. The molecule has 4 aliphatic rings. The summed E-state index contributed by atoms with van der Waals surface area (Å²) in [6, 6.07) is -0.148. The average Bonchev–Trinajstić information content (AvgIpc) is 2.97. The van der Waals surface area contributed by atoms with E-state index < -0.39 is 0 Å². The Hall–Kier alpha value is -1.89. The molecule has 1 aromatic heterocycles. The maximum absolute atomic E-state index is 13.1. The zero-order valence-corrected chi connectivity index (χ0v) is 13.6. The quantitative estimate of drug-likeness (QED) is 0.888. The first-order chi connectivity index (χ1) is 11.7. The largest absolute Gasteiger partial charge is 0.490 e. The Labute approximate surface area is 139 Å². The van der Waals surface area contributed by atoms with Gasteiger partial charge in [-0.15, -0.1) is 0 Å². The summed E-state index contributed by atoms with van der Waals surface area (Å²) in [4.78, 5) is 34.1. The molecule has 1 aliphatic carbocycles. The van der Waals surface area contributed by atoms with E-state index in [0.29, 0.717) is 23.8 Å². The van der Waals surface area contributed by atoms with Gasteiger partial charge in [0.05, 0.1) is 37.5 Å². The monoisotopic (exact) mass is 331 g/mol. The summed E-state index contributed by atoms with van der Waals surface area (Å²) in [5.41, 5.74) is -0.300. The smallest absolute Gasteiger partial charge is 0.293 e. The van der Waals surface area contributed by atoms with Gasteiger partial charge in [0.15, 0.2) is 0 Å². The summed E-state index contributed by atoms with van der Waals surface area (Å²) in [6.07, 6.45) is 5.71. The highest BCUT2D eigenvalue weighted by atomic mass is 16.5. The first-order valence-electron chi connectivity index (χ1n) is 8.76. The Kier molecular flexibility index (Phi) is 3.04. The lowest BCUT2D eigenvalue weighted by Gasteiger charge is -2.29. The first-order valence-corrected chi connectivity index (χ1v) is 8.76. The van der Waals surface area contributed by atoms with Crippen LogP contribution in [0.4, 0.5) is 0 Å². The average molecular weight is 331 g/mol. The van der Waals surface area contributed by atoms with Gasteiger partial charge in [-0.1, -0.05) is 0 Å². The third kappa shape index (κ3) is 1.97. The summed E-state index contributed by atoms with van der Waals surface area (Å²) in [5.74, 6) is 2.24. The predicted molar refractivity (Wildman–Crippen MR) is 83.5 cm³/mol. The first kappa shape index (κ1) is 14.5. The molecule has 24 heavy (non-hydrogen) atoms. The van der Waals surface area contributed by atoms with Gasteiger partial charge < -0.3 is 19.4 Å². The number of carbonyl (C=O) groups is 1. The van der Waals surface area contributed by atoms with Crippen molar-refractivity contribution in [1.82, 2.24) is 14.9 Å². The molecule has 7 heteroatoms. The van der Waals surface area contributed by atoms with Gasteiger partial charge in [-0.3, -0.25) is 9.59 Å². The van der Waals surface area contributed by atoms with E-state index in [2.05, 4.69) is 9.97 Å². The van der Waals surface area contributed by atoms with Crippen LogP contribution in [0.1, 0.15) is 37.5 Å². The highest BCUT2D eigenvalue weighted by Crippen LogP contribution is 2.61. The number of carbonyl (C=O) groups excluding carboxylic acids is 1. The van der Waals surface area contributed by atoms with Crippen molar-refractivity contribution in [3.63, 3.8) is 0 Å². The van der Waals surface area contributed by atoms with Gasteiger partial charge in [0, 0.05) is 6.54 Å². The molecule has 128 valence electrons. The number of nitrogens with zero attached hydrogens (tertiary/aromatic N) is 2. The van der Waals surface area contributed by atoms with Crippen LogP contribution in [0.25, 0.3) is 0 Å². The lowest BCUT2D eigenvalue weighted by molar-refractivity contribution is -0.138. The number of hydrogen-bond acceptors (Lipinski definition) is 5. The minimum absolute atomic E-state index is 0.00989. The molecule has 4 fully saturated rings. The molecule has 1 amide bonds. The molecule has 0 radical (unpaired) electrons. The highest BCUT2D eigenvalue weighted by Gasteiger charge is 2.64. The number of aromatic nitrogens is 2. The lowest BCUT2D eigenvalue weighted by Crippen LogP contribution is -2.41. The van der Waals surface area contributed by atoms with Gasteiger partial charge >= 0.3 is 0 Å². The molecule has 5 rings (SSSR count).